The average molecular weight is 2070 g/mol. The van der Waals surface area contributed by atoms with Gasteiger partial charge in [-0.05, 0) is 395 Å². The van der Waals surface area contributed by atoms with Gasteiger partial charge in [-0.1, -0.05) is 177 Å². The van der Waals surface area contributed by atoms with Crippen molar-refractivity contribution in [3.05, 3.63) is 429 Å². The Morgan fingerprint density at radius 2 is 0.268 bits per heavy atom. The van der Waals surface area contributed by atoms with Crippen LogP contribution in [-0.2, 0) is 0 Å². The van der Waals surface area contributed by atoms with E-state index in [-0.39, 0.29) is 57.1 Å². The maximum absolute atomic E-state index is 3.54. The zero-order chi connectivity index (χ0) is 102. The highest BCUT2D eigenvalue weighted by Crippen LogP contribution is 2.44. The van der Waals surface area contributed by atoms with Gasteiger partial charge in [-0.25, -0.2) is 20.0 Å². The number of hydrogen-bond donors (Lipinski definition) is 4. The molecule has 0 amide bonds. The second-order valence-corrected chi connectivity index (χ2v) is 36.2. The zero-order valence-electron chi connectivity index (χ0n) is 91.6. The van der Waals surface area contributed by atoms with Crippen LogP contribution in [0, 0.1) is 0 Å². The predicted molar refractivity (Wildman–Crippen MR) is 635 cm³/mol. The van der Waals surface area contributed by atoms with Gasteiger partial charge in [0, 0.05) is 175 Å². The zero-order valence-corrected chi connectivity index (χ0v) is 94.6. The van der Waals surface area contributed by atoms with Crippen LogP contribution in [0.1, 0.15) is 235 Å². The van der Waals surface area contributed by atoms with Gasteiger partial charge in [0.25, 0.3) is 0 Å². The fourth-order valence-electron chi connectivity index (χ4n) is 20.8. The summed E-state index contributed by atoms with van der Waals surface area (Å²) in [5, 5.41) is 0. The fraction of sp³-hybridized carbons (Fsp3) is 0.308. The number of nitrogens with zero attached hydrogens (tertiary/aromatic N) is 8. The molecule has 784 valence electrons. The Hall–Kier alpha value is -13.2. The first-order valence-corrected chi connectivity index (χ1v) is 53.9. The molecule has 0 aliphatic heterocycles. The second kappa shape index (κ2) is 61.1. The van der Waals surface area contributed by atoms with Crippen LogP contribution in [0.2, 0.25) is 0 Å². The molecule has 0 radical (unpaired) electrons. The second-order valence-electron chi connectivity index (χ2n) is 36.2. The average Bonchev–Trinajstić information content (AvgIpc) is 0.777. The van der Waals surface area contributed by atoms with Crippen LogP contribution >= 0.6 is 0 Å². The number of halogens is 4. The largest absolute Gasteiger partial charge is 1.00 e. The third kappa shape index (κ3) is 28.9. The van der Waals surface area contributed by atoms with Gasteiger partial charge in [0.2, 0.25) is 22.8 Å². The van der Waals surface area contributed by atoms with E-state index in [1.807, 2.05) is 0 Å². The lowest BCUT2D eigenvalue weighted by Crippen LogP contribution is -3.00. The van der Waals surface area contributed by atoms with Gasteiger partial charge in [-0.2, -0.15) is 0 Å². The number of allylic oxidation sites excluding steroid dienone is 12. The molecular weight excluding hydrogens is 1910 g/mol. The van der Waals surface area contributed by atoms with Gasteiger partial charge in [-0.3, -0.25) is 0 Å². The lowest BCUT2D eigenvalue weighted by molar-refractivity contribution is -0.451. The van der Waals surface area contributed by atoms with E-state index in [9.17, 15) is 0 Å². The molecule has 0 saturated heterocycles. The number of fused-ring (bicyclic) bond motifs is 4. The summed E-state index contributed by atoms with van der Waals surface area (Å²) in [7, 11) is 0. The predicted octanol–water partition coefficient (Wildman–Crippen LogP) is 11.8. The molecule has 12 aromatic carbocycles. The fourth-order valence-corrected chi connectivity index (χ4v) is 20.8. The maximum atomic E-state index is 3.54. The van der Waals surface area contributed by atoms with E-state index in [1.54, 1.807) is 0 Å². The first kappa shape index (κ1) is 121. The van der Waals surface area contributed by atoms with Crippen molar-refractivity contribution in [3.63, 3.8) is 0 Å². The lowest BCUT2D eigenvalue weighted by Gasteiger charge is -2.24. The van der Waals surface area contributed by atoms with E-state index in [0.717, 1.165) is 131 Å². The summed E-state index contributed by atoms with van der Waals surface area (Å²) in [4.78, 5) is 33.3. The van der Waals surface area contributed by atoms with E-state index in [0.29, 0.717) is 0 Å². The van der Waals surface area contributed by atoms with E-state index in [1.165, 1.54) is 202 Å². The third-order valence-corrected chi connectivity index (χ3v) is 28.5. The smallest absolute Gasteiger partial charge is 0.206 e. The molecule has 4 N–H and O–H groups in total. The van der Waals surface area contributed by atoms with E-state index >= 15 is 0 Å². The molecule has 4 aliphatic rings. The molecular formula is C133H164Cl4N12. The molecule has 4 aliphatic carbocycles. The standard InChI is InChI=1S/4C33H39N3.CH4.4ClH/c4*1-6-34-32-24-23-31(29-13-11-12-14-30(29)32)33(25-15-19-27(20-16-25)35(7-2)8-3)26-17-21-28(22-18-26)36(9-4)10-5;;;;;/h4*11-24H,6-10H2,1-5H3;1H4;4*1H. The minimum absolute atomic E-state index is 0. The van der Waals surface area contributed by atoms with E-state index in [4.69, 9.17) is 0 Å². The third-order valence-electron chi connectivity index (χ3n) is 28.5. The SMILES string of the molecule is C.CC[NH+]=C1C=CC(=C(c2ccc(N(CC)CC)cc2)c2ccc(N(CC)CC)cc2)c2ccccc21.CC[NH+]=C1C=CC(=C(c2ccc(N(CC)CC)cc2)c2ccc(N(CC)CC)cc2)c2ccccc21.CC[NH+]=C1C=CC(=C(c2ccc(N(CC)CC)cc2)c2ccc(N(CC)CC)cc2)c2ccccc21.CC[NH+]=C1C=CC(=C(c2ccc(N(CC)CC)cc2)c2ccc(N(CC)CC)cc2)c2ccccc21.[Cl-].[Cl-].[Cl-].[Cl-]. The summed E-state index contributed by atoms with van der Waals surface area (Å²) in [6.45, 7) is 63.8. The summed E-state index contributed by atoms with van der Waals surface area (Å²) in [6, 6.07) is 108. The molecule has 149 heavy (non-hydrogen) atoms. The Kier molecular flexibility index (Phi) is 49.6. The van der Waals surface area contributed by atoms with Gasteiger partial charge < -0.3 is 88.8 Å². The van der Waals surface area contributed by atoms with Crippen LogP contribution in [-0.4, -0.2) is 154 Å². The number of benzene rings is 12. The lowest BCUT2D eigenvalue weighted by atomic mass is 9.83. The maximum Gasteiger partial charge on any atom is 0.206 e. The molecule has 0 atom stereocenters. The van der Waals surface area contributed by atoms with E-state index in [2.05, 4.69) is 537 Å². The molecule has 0 saturated carbocycles. The van der Waals surface area contributed by atoms with Gasteiger partial charge in [0.05, 0.1) is 22.3 Å². The Bertz CT molecular complexity index is 5550. The van der Waals surface area contributed by atoms with Crippen LogP contribution in [0.3, 0.4) is 0 Å². The van der Waals surface area contributed by atoms with Gasteiger partial charge in [0.1, 0.15) is 26.2 Å². The van der Waals surface area contributed by atoms with Crippen molar-refractivity contribution in [1.29, 1.82) is 0 Å². The topological polar surface area (TPSA) is 81.8 Å². The summed E-state index contributed by atoms with van der Waals surface area (Å²) in [5.74, 6) is 0. The molecule has 12 aromatic rings. The van der Waals surface area contributed by atoms with Crippen LogP contribution in [0.25, 0.3) is 44.6 Å². The van der Waals surface area contributed by atoms with Crippen molar-refractivity contribution in [2.24, 2.45) is 0 Å². The molecule has 16 heteroatoms. The van der Waals surface area contributed by atoms with Crippen LogP contribution in [0.15, 0.2) is 340 Å². The monoisotopic (exact) mass is 2070 g/mol. The number of hydrogen-bond acceptors (Lipinski definition) is 8. The van der Waals surface area contributed by atoms with Gasteiger partial charge in [0.15, 0.2) is 0 Å². The molecule has 0 heterocycles. The highest BCUT2D eigenvalue weighted by Gasteiger charge is 2.29. The summed E-state index contributed by atoms with van der Waals surface area (Å²) >= 11 is 0. The van der Waals surface area contributed by atoms with Crippen molar-refractivity contribution >= 4 is 113 Å². The first-order valence-electron chi connectivity index (χ1n) is 53.9. The van der Waals surface area contributed by atoms with Gasteiger partial charge in [-0.15, -0.1) is 0 Å². The van der Waals surface area contributed by atoms with Crippen LogP contribution < -0.4 is 109 Å². The number of anilines is 8. The molecule has 12 nitrogen and oxygen atoms in total. The Morgan fingerprint density at radius 3 is 0.376 bits per heavy atom. The first-order chi connectivity index (χ1) is 70.6. The van der Waals surface area contributed by atoms with Crippen molar-refractivity contribution < 1.29 is 69.6 Å². The minimum Gasteiger partial charge on any atom is -1.00 e. The van der Waals surface area contributed by atoms with Crippen LogP contribution in [0.4, 0.5) is 45.5 Å². The van der Waals surface area contributed by atoms with Gasteiger partial charge >= 0.3 is 0 Å². The quantitative estimate of drug-likeness (QED) is 0.0309. The minimum atomic E-state index is 0. The van der Waals surface area contributed by atoms with Crippen molar-refractivity contribution in [1.82, 2.24) is 0 Å². The Labute approximate surface area is 920 Å². The van der Waals surface area contributed by atoms with Crippen LogP contribution in [0.5, 0.6) is 0 Å². The molecule has 16 rings (SSSR count). The molecule has 0 fully saturated rings. The van der Waals surface area contributed by atoms with Crippen molar-refractivity contribution in [2.75, 3.05) is 170 Å². The highest BCUT2D eigenvalue weighted by atomic mass is 35.5. The number of rotatable bonds is 36. The number of nitrogens with one attached hydrogen (secondary N) is 4. The normalized spacial score (nSPS) is 13.1. The molecule has 0 bridgehead atoms. The van der Waals surface area contributed by atoms with Crippen molar-refractivity contribution in [3.8, 4) is 0 Å². The molecule has 0 aromatic heterocycles. The molecule has 0 spiro atoms. The Balaban J connectivity index is 0.000000239. The highest BCUT2D eigenvalue weighted by molar-refractivity contribution is 6.21. The van der Waals surface area contributed by atoms with Crippen molar-refractivity contribution in [2.45, 2.75) is 146 Å². The van der Waals surface area contributed by atoms with E-state index < -0.39 is 0 Å². The molecule has 0 unspecified atom stereocenters. The summed E-state index contributed by atoms with van der Waals surface area (Å²) in [5.41, 5.74) is 45.1. The summed E-state index contributed by atoms with van der Waals surface area (Å²) in [6.07, 6.45) is 18.1. The Morgan fingerprint density at radius 1 is 0.154 bits per heavy atom. The summed E-state index contributed by atoms with van der Waals surface area (Å²) < 4.78 is 0.